The van der Waals surface area contributed by atoms with Crippen molar-refractivity contribution in [3.8, 4) is 61.8 Å². The van der Waals surface area contributed by atoms with Crippen LogP contribution in [0.1, 0.15) is 90.3 Å². The zero-order valence-corrected chi connectivity index (χ0v) is 46.1. The molecular formula is C72H61N4OPt-3. The number of benzene rings is 9. The number of nitrogens with zero attached hydrogens (tertiary/aromatic N) is 4. The van der Waals surface area contributed by atoms with Crippen molar-refractivity contribution >= 4 is 44.6 Å². The van der Waals surface area contributed by atoms with E-state index in [9.17, 15) is 12.3 Å². The third kappa shape index (κ3) is 9.22. The molecule has 0 saturated heterocycles. The minimum absolute atomic E-state index is 0. The van der Waals surface area contributed by atoms with Gasteiger partial charge in [0.1, 0.15) is 5.82 Å². The number of para-hydroxylation sites is 4. The summed E-state index contributed by atoms with van der Waals surface area (Å²) >= 11 is 0. The second kappa shape index (κ2) is 20.4. The quantitative estimate of drug-likeness (QED) is 0.121. The number of pyridine rings is 1. The SMILES string of the molecule is [2H]c1c([2H])c([2H])c(-c2c([2H])c([2H])c([2H])c(-c3cccc(-c4c([2H])c([2H])c5c(c4[2H])C(C)(C)CCC5(C)C)c3N3[CH-]N(c4[c-]c(Oc5[c-]c6c(cc5)c5ccccc5n6-c5cc(C([2H])([2H])C(C)C)c(-c6ccccc6)cn5)ccc4)c4ccccc43)c2[2H])c([2H])c1[2H].[Pt]. The summed E-state index contributed by atoms with van der Waals surface area (Å²) in [6, 6.07) is 42.1. The topological polar surface area (TPSA) is 33.5 Å². The molecule has 2 aliphatic rings. The van der Waals surface area contributed by atoms with E-state index in [2.05, 4.69) is 12.1 Å². The first-order valence-electron chi connectivity index (χ1n) is 33.0. The van der Waals surface area contributed by atoms with Gasteiger partial charge in [-0.2, -0.15) is 12.1 Å². The number of hydrogen-bond donors (Lipinski definition) is 0. The maximum absolute atomic E-state index is 10.2. The van der Waals surface area contributed by atoms with Crippen molar-refractivity contribution in [2.24, 2.45) is 5.92 Å². The Bertz CT molecular complexity index is 4830. The molecular weight excluding hydrogens is 1130 g/mol. The van der Waals surface area contributed by atoms with Crippen molar-refractivity contribution in [3.63, 3.8) is 0 Å². The third-order valence-electron chi connectivity index (χ3n) is 14.8. The fourth-order valence-corrected chi connectivity index (χ4v) is 10.9. The van der Waals surface area contributed by atoms with Crippen molar-refractivity contribution in [2.75, 3.05) is 9.80 Å². The van der Waals surface area contributed by atoms with Crippen molar-refractivity contribution in [1.82, 2.24) is 9.55 Å². The van der Waals surface area contributed by atoms with Crippen LogP contribution in [0.25, 0.3) is 72.1 Å². The first-order valence-corrected chi connectivity index (χ1v) is 26.0. The zero-order chi connectivity index (χ0) is 64.7. The van der Waals surface area contributed by atoms with Gasteiger partial charge < -0.3 is 19.1 Å². The largest absolute Gasteiger partial charge is 0.509 e. The van der Waals surface area contributed by atoms with Gasteiger partial charge >= 0.3 is 0 Å². The smallest absolute Gasteiger partial charge is 0.135 e. The van der Waals surface area contributed by atoms with Gasteiger partial charge in [0, 0.05) is 80.8 Å². The molecule has 1 aliphatic heterocycles. The van der Waals surface area contributed by atoms with Crippen LogP contribution in [-0.2, 0) is 38.3 Å². The molecule has 5 nitrogen and oxygen atoms in total. The summed E-state index contributed by atoms with van der Waals surface area (Å²) in [5.74, 6) is 0.810. The molecule has 0 unspecified atom stereocenters. The van der Waals surface area contributed by atoms with Crippen molar-refractivity contribution in [3.05, 3.63) is 248 Å². The molecule has 0 saturated carbocycles. The Balaban J connectivity index is 0.00000816. The maximum atomic E-state index is 10.2. The van der Waals surface area contributed by atoms with E-state index in [0.717, 1.165) is 28.3 Å². The van der Waals surface area contributed by atoms with Crippen LogP contribution in [-0.4, -0.2) is 9.55 Å². The van der Waals surface area contributed by atoms with Gasteiger partial charge in [-0.1, -0.05) is 192 Å². The van der Waals surface area contributed by atoms with E-state index in [0.29, 0.717) is 68.6 Å². The summed E-state index contributed by atoms with van der Waals surface area (Å²) in [6.45, 7) is 13.7. The number of aromatic nitrogens is 2. The summed E-state index contributed by atoms with van der Waals surface area (Å²) in [5, 5.41) is 1.81. The maximum Gasteiger partial charge on any atom is 0.135 e. The Morgan fingerprint density at radius 1 is 0.603 bits per heavy atom. The average Bonchev–Trinajstić information content (AvgIpc) is 0.880. The predicted molar refractivity (Wildman–Crippen MR) is 320 cm³/mol. The first kappa shape index (κ1) is 36.9. The molecule has 0 fully saturated rings. The number of hydrogen-bond acceptors (Lipinski definition) is 4. The van der Waals surface area contributed by atoms with Crippen molar-refractivity contribution in [1.29, 1.82) is 0 Å². The minimum atomic E-state index is -1.72. The molecule has 0 spiro atoms. The molecule has 388 valence electrons. The third-order valence-corrected chi connectivity index (χ3v) is 14.8. The van der Waals surface area contributed by atoms with Gasteiger partial charge in [-0.3, -0.25) is 0 Å². The van der Waals surface area contributed by atoms with Crippen LogP contribution in [0.5, 0.6) is 11.5 Å². The van der Waals surface area contributed by atoms with Crippen LogP contribution < -0.4 is 14.5 Å². The Morgan fingerprint density at radius 2 is 1.27 bits per heavy atom. The molecule has 2 aromatic heterocycles. The number of anilines is 4. The van der Waals surface area contributed by atoms with E-state index < -0.39 is 82.7 Å². The second-order valence-electron chi connectivity index (χ2n) is 21.3. The standard InChI is InChI=1S/C72H61N4O.Pt/c1-48(2)40-54-43-69(73-46-62(54)50-22-11-8-12-23-50)76-65-31-14-13-28-60(65)61-36-35-57(45-68(61)76)77-56-27-18-26-55(44-56)74-47-75(67-33-16-15-32-66(67)74)70-58(52-25-17-24-51(41-52)49-20-9-7-10-21-49)29-19-30-59(70)53-34-37-63-64(42-53)72(5,6)39-38-71(63,3)4;/h7-37,41-43,46-48H,38-40H2,1-6H3;/q-3;/i7D,9D,10D,17D,20D,21D,24D,25D,34D,37D,40D2,41D,42D;. The Hall–Kier alpha value is -7.98. The van der Waals surface area contributed by atoms with Gasteiger partial charge in [0.05, 0.1) is 16.4 Å². The van der Waals surface area contributed by atoms with E-state index in [4.69, 9.17) is 16.6 Å². The molecule has 0 bridgehead atoms. The fraction of sp³-hybridized carbons (Fsp3) is 0.167. The van der Waals surface area contributed by atoms with Gasteiger partial charge in [0.2, 0.25) is 0 Å². The van der Waals surface area contributed by atoms with E-state index in [1.54, 1.807) is 42.0 Å². The summed E-state index contributed by atoms with van der Waals surface area (Å²) in [6.07, 6.45) is 1.46. The molecule has 0 amide bonds. The van der Waals surface area contributed by atoms with Crippen LogP contribution in [0.15, 0.2) is 212 Å². The van der Waals surface area contributed by atoms with Gasteiger partial charge in [0.15, 0.2) is 0 Å². The Kier molecular flexibility index (Phi) is 9.68. The number of fused-ring (bicyclic) bond motifs is 5. The summed E-state index contributed by atoms with van der Waals surface area (Å²) in [7, 11) is 0. The molecule has 78 heavy (non-hydrogen) atoms. The number of ether oxygens (including phenoxy) is 1. The van der Waals surface area contributed by atoms with Gasteiger partial charge in [-0.15, -0.1) is 48.1 Å². The van der Waals surface area contributed by atoms with Crippen LogP contribution >= 0.6 is 0 Å². The fourth-order valence-electron chi connectivity index (χ4n) is 10.9. The molecule has 1 aliphatic carbocycles. The van der Waals surface area contributed by atoms with E-state index in [1.807, 2.05) is 160 Å². The molecule has 0 atom stereocenters. The van der Waals surface area contributed by atoms with Crippen molar-refractivity contribution in [2.45, 2.75) is 71.6 Å². The van der Waals surface area contributed by atoms with E-state index in [1.165, 1.54) is 0 Å². The van der Waals surface area contributed by atoms with Crippen LogP contribution in [0.3, 0.4) is 0 Å². The molecule has 0 radical (unpaired) electrons. The van der Waals surface area contributed by atoms with Crippen molar-refractivity contribution < 1.29 is 45.0 Å². The Morgan fingerprint density at radius 3 is 2.05 bits per heavy atom. The summed E-state index contributed by atoms with van der Waals surface area (Å²) in [5.41, 5.74) is 5.04. The number of rotatable bonds is 11. The molecule has 0 N–H and O–H groups in total. The summed E-state index contributed by atoms with van der Waals surface area (Å²) in [4.78, 5) is 8.68. The van der Waals surface area contributed by atoms with Gasteiger partial charge in [-0.25, -0.2) is 4.98 Å². The first-order chi connectivity index (χ1) is 43.2. The Labute approximate surface area is 493 Å². The van der Waals surface area contributed by atoms with E-state index in [-0.39, 0.29) is 73.1 Å². The monoisotopic (exact) mass is 1210 g/mol. The van der Waals surface area contributed by atoms with E-state index >= 15 is 0 Å². The normalized spacial score (nSPS) is 17.1. The van der Waals surface area contributed by atoms with Crippen LogP contribution in [0, 0.1) is 24.7 Å². The van der Waals surface area contributed by atoms with Crippen LogP contribution in [0.2, 0.25) is 0 Å². The molecule has 3 heterocycles. The molecule has 9 aromatic carbocycles. The molecule has 6 heteroatoms. The molecule has 13 rings (SSSR count). The average molecular weight is 1210 g/mol. The molecule has 11 aromatic rings. The minimum Gasteiger partial charge on any atom is -0.509 e. The second-order valence-corrected chi connectivity index (χ2v) is 21.3. The summed E-state index contributed by atoms with van der Waals surface area (Å²) < 4.78 is 139. The predicted octanol–water partition coefficient (Wildman–Crippen LogP) is 19.2. The zero-order valence-electron chi connectivity index (χ0n) is 57.9. The van der Waals surface area contributed by atoms with Crippen LogP contribution in [0.4, 0.5) is 22.7 Å². The van der Waals surface area contributed by atoms with Gasteiger partial charge in [0.25, 0.3) is 0 Å². The van der Waals surface area contributed by atoms with Gasteiger partial charge in [-0.05, 0) is 116 Å².